The normalized spacial score (nSPS) is 13.0. The van der Waals surface area contributed by atoms with E-state index in [4.69, 9.17) is 0 Å². The molecule has 0 aliphatic heterocycles. The summed E-state index contributed by atoms with van der Waals surface area (Å²) in [6, 6.07) is 1.81. The number of hydrogen-bond donors (Lipinski definition) is 1. The number of hydrogen-bond acceptors (Lipinski definition) is 2. The van der Waals surface area contributed by atoms with Gasteiger partial charge >= 0.3 is 0 Å². The second-order valence-corrected chi connectivity index (χ2v) is 4.91. The molecule has 1 atom stereocenters. The van der Waals surface area contributed by atoms with Gasteiger partial charge in [0.25, 0.3) is 0 Å². The van der Waals surface area contributed by atoms with E-state index >= 15 is 0 Å². The molecule has 0 aromatic carbocycles. The molecule has 0 aliphatic rings. The van der Waals surface area contributed by atoms with E-state index in [9.17, 15) is 4.39 Å². The minimum absolute atomic E-state index is 0.223. The predicted octanol–water partition coefficient (Wildman–Crippen LogP) is 3.70. The summed E-state index contributed by atoms with van der Waals surface area (Å²) in [5.41, 5.74) is 0.958. The minimum atomic E-state index is -0.254. The quantitative estimate of drug-likeness (QED) is 0.783. The first-order chi connectivity index (χ1) is 8.13. The van der Waals surface area contributed by atoms with Crippen molar-refractivity contribution in [3.8, 4) is 0 Å². The Morgan fingerprint density at radius 2 is 2.06 bits per heavy atom. The number of aromatic nitrogens is 1. The lowest BCUT2D eigenvalue weighted by Crippen LogP contribution is -2.22. The Morgan fingerprint density at radius 1 is 1.29 bits per heavy atom. The van der Waals surface area contributed by atoms with Crippen LogP contribution in [0.15, 0.2) is 18.5 Å². The van der Waals surface area contributed by atoms with Crippen LogP contribution in [0.2, 0.25) is 0 Å². The maximum absolute atomic E-state index is 13.2. The minimum Gasteiger partial charge on any atom is -0.310 e. The molecule has 0 amide bonds. The first-order valence-corrected chi connectivity index (χ1v) is 6.47. The van der Waals surface area contributed by atoms with Crippen LogP contribution in [0.3, 0.4) is 0 Å². The highest BCUT2D eigenvalue weighted by Crippen LogP contribution is 2.20. The van der Waals surface area contributed by atoms with Gasteiger partial charge in [0.15, 0.2) is 0 Å². The summed E-state index contributed by atoms with van der Waals surface area (Å²) < 4.78 is 13.2. The first kappa shape index (κ1) is 14.1. The van der Waals surface area contributed by atoms with Crippen LogP contribution in [0.25, 0.3) is 0 Å². The van der Waals surface area contributed by atoms with Gasteiger partial charge in [-0.2, -0.15) is 0 Å². The fourth-order valence-corrected chi connectivity index (χ4v) is 1.82. The molecular formula is C14H23FN2. The van der Waals surface area contributed by atoms with E-state index in [1.54, 1.807) is 12.3 Å². The average Bonchev–Trinajstić information content (AvgIpc) is 2.29. The fraction of sp³-hybridized carbons (Fsp3) is 0.643. The summed E-state index contributed by atoms with van der Waals surface area (Å²) in [6.45, 7) is 7.51. The van der Waals surface area contributed by atoms with Crippen LogP contribution in [0, 0.1) is 11.7 Å². The maximum Gasteiger partial charge on any atom is 0.141 e. The Bertz CT molecular complexity index is 326. The van der Waals surface area contributed by atoms with Crippen molar-refractivity contribution >= 4 is 0 Å². The van der Waals surface area contributed by atoms with Gasteiger partial charge in [-0.3, -0.25) is 4.98 Å². The largest absolute Gasteiger partial charge is 0.310 e. The average molecular weight is 238 g/mol. The SMILES string of the molecule is CCCNC(CCC(C)C)c1cncc(F)c1. The molecule has 0 fully saturated rings. The van der Waals surface area contributed by atoms with Gasteiger partial charge in [0.1, 0.15) is 5.82 Å². The molecule has 1 heterocycles. The van der Waals surface area contributed by atoms with Gasteiger partial charge in [0.05, 0.1) is 6.20 Å². The molecule has 1 N–H and O–H groups in total. The fourth-order valence-electron chi connectivity index (χ4n) is 1.82. The standard InChI is InChI=1S/C14H23FN2/c1-4-7-17-14(6-5-11(2)3)12-8-13(15)10-16-9-12/h8-11,14,17H,4-7H2,1-3H3. The van der Waals surface area contributed by atoms with Gasteiger partial charge < -0.3 is 5.32 Å². The lowest BCUT2D eigenvalue weighted by atomic mass is 9.98. The van der Waals surface area contributed by atoms with E-state index in [1.807, 2.05) is 0 Å². The summed E-state index contributed by atoms with van der Waals surface area (Å²) in [5, 5.41) is 3.46. The number of pyridine rings is 1. The Kier molecular flexibility index (Phi) is 6.12. The Hall–Kier alpha value is -0.960. The molecule has 2 nitrogen and oxygen atoms in total. The molecule has 0 saturated heterocycles. The third-order valence-electron chi connectivity index (χ3n) is 2.80. The van der Waals surface area contributed by atoms with Crippen LogP contribution < -0.4 is 5.32 Å². The molecule has 1 rings (SSSR count). The Morgan fingerprint density at radius 3 is 2.65 bits per heavy atom. The molecule has 0 saturated carbocycles. The van der Waals surface area contributed by atoms with E-state index in [0.717, 1.165) is 31.4 Å². The molecule has 96 valence electrons. The zero-order chi connectivity index (χ0) is 12.7. The van der Waals surface area contributed by atoms with E-state index in [0.29, 0.717) is 5.92 Å². The molecule has 0 bridgehead atoms. The summed E-state index contributed by atoms with van der Waals surface area (Å²) in [5.74, 6) is 0.415. The van der Waals surface area contributed by atoms with Crippen molar-refractivity contribution in [2.24, 2.45) is 5.92 Å². The van der Waals surface area contributed by atoms with Gasteiger partial charge in [-0.15, -0.1) is 0 Å². The highest BCUT2D eigenvalue weighted by Gasteiger charge is 2.12. The lowest BCUT2D eigenvalue weighted by molar-refractivity contribution is 0.438. The highest BCUT2D eigenvalue weighted by atomic mass is 19.1. The number of rotatable bonds is 7. The van der Waals surface area contributed by atoms with Crippen molar-refractivity contribution in [1.29, 1.82) is 0 Å². The number of halogens is 1. The molecule has 3 heteroatoms. The van der Waals surface area contributed by atoms with Crippen LogP contribution in [-0.2, 0) is 0 Å². The second kappa shape index (κ2) is 7.38. The van der Waals surface area contributed by atoms with Crippen molar-refractivity contribution in [1.82, 2.24) is 10.3 Å². The Labute approximate surface area is 104 Å². The molecule has 1 aromatic heterocycles. The smallest absolute Gasteiger partial charge is 0.141 e. The molecule has 1 unspecified atom stereocenters. The van der Waals surface area contributed by atoms with Crippen molar-refractivity contribution in [2.75, 3.05) is 6.54 Å². The van der Waals surface area contributed by atoms with Crippen LogP contribution in [0.5, 0.6) is 0 Å². The van der Waals surface area contributed by atoms with E-state index < -0.39 is 0 Å². The first-order valence-electron chi connectivity index (χ1n) is 6.47. The van der Waals surface area contributed by atoms with E-state index in [2.05, 4.69) is 31.1 Å². The third-order valence-corrected chi connectivity index (χ3v) is 2.80. The third kappa shape index (κ3) is 5.26. The number of nitrogens with one attached hydrogen (secondary N) is 1. The Balaban J connectivity index is 2.67. The monoisotopic (exact) mass is 238 g/mol. The predicted molar refractivity (Wildman–Crippen MR) is 69.3 cm³/mol. The van der Waals surface area contributed by atoms with Crippen LogP contribution >= 0.6 is 0 Å². The van der Waals surface area contributed by atoms with Crippen molar-refractivity contribution in [3.63, 3.8) is 0 Å². The lowest BCUT2D eigenvalue weighted by Gasteiger charge is -2.19. The van der Waals surface area contributed by atoms with Crippen LogP contribution in [0.1, 0.15) is 51.6 Å². The summed E-state index contributed by atoms with van der Waals surface area (Å²) in [6.07, 6.45) is 6.27. The van der Waals surface area contributed by atoms with Gasteiger partial charge in [-0.25, -0.2) is 4.39 Å². The topological polar surface area (TPSA) is 24.9 Å². The van der Waals surface area contributed by atoms with Gasteiger partial charge in [-0.05, 0) is 43.4 Å². The van der Waals surface area contributed by atoms with Gasteiger partial charge in [-0.1, -0.05) is 20.8 Å². The number of nitrogens with zero attached hydrogens (tertiary/aromatic N) is 1. The second-order valence-electron chi connectivity index (χ2n) is 4.91. The summed E-state index contributed by atoms with van der Waals surface area (Å²) >= 11 is 0. The van der Waals surface area contributed by atoms with Crippen LogP contribution in [-0.4, -0.2) is 11.5 Å². The van der Waals surface area contributed by atoms with E-state index in [1.165, 1.54) is 6.20 Å². The molecule has 17 heavy (non-hydrogen) atoms. The zero-order valence-electron chi connectivity index (χ0n) is 11.0. The molecule has 0 spiro atoms. The van der Waals surface area contributed by atoms with Crippen molar-refractivity contribution in [2.45, 2.75) is 46.1 Å². The molecule has 0 aliphatic carbocycles. The molecule has 0 radical (unpaired) electrons. The van der Waals surface area contributed by atoms with Crippen LogP contribution in [0.4, 0.5) is 4.39 Å². The summed E-state index contributed by atoms with van der Waals surface area (Å²) in [4.78, 5) is 3.93. The summed E-state index contributed by atoms with van der Waals surface area (Å²) in [7, 11) is 0. The highest BCUT2D eigenvalue weighted by molar-refractivity contribution is 5.15. The van der Waals surface area contributed by atoms with Gasteiger partial charge in [0, 0.05) is 12.2 Å². The van der Waals surface area contributed by atoms with E-state index in [-0.39, 0.29) is 11.9 Å². The maximum atomic E-state index is 13.2. The molecular weight excluding hydrogens is 215 g/mol. The van der Waals surface area contributed by atoms with Crippen molar-refractivity contribution in [3.05, 3.63) is 29.8 Å². The van der Waals surface area contributed by atoms with Crippen molar-refractivity contribution < 1.29 is 4.39 Å². The van der Waals surface area contributed by atoms with Gasteiger partial charge in [0.2, 0.25) is 0 Å². The zero-order valence-corrected chi connectivity index (χ0v) is 11.0. The molecule has 1 aromatic rings.